The maximum atomic E-state index is 12.7. The Bertz CT molecular complexity index is 1010. The lowest BCUT2D eigenvalue weighted by Crippen LogP contribution is -2.22. The van der Waals surface area contributed by atoms with Crippen molar-refractivity contribution in [2.75, 3.05) is 4.72 Å². The molecule has 3 aromatic rings. The van der Waals surface area contributed by atoms with E-state index >= 15 is 0 Å². The van der Waals surface area contributed by atoms with Crippen molar-refractivity contribution >= 4 is 44.4 Å². The van der Waals surface area contributed by atoms with Gasteiger partial charge in [0, 0.05) is 5.69 Å². The van der Waals surface area contributed by atoms with E-state index in [0.29, 0.717) is 16.6 Å². The van der Waals surface area contributed by atoms with Gasteiger partial charge in [0.25, 0.3) is 10.0 Å². The maximum Gasteiger partial charge on any atom is 0.264 e. The van der Waals surface area contributed by atoms with Crippen LogP contribution in [0.1, 0.15) is 15.9 Å². The molecule has 0 bridgehead atoms. The summed E-state index contributed by atoms with van der Waals surface area (Å²) in [5, 5.41) is 10.9. The second-order valence-corrected chi connectivity index (χ2v) is 6.96. The highest BCUT2D eigenvalue weighted by molar-refractivity contribution is 7.93. The van der Waals surface area contributed by atoms with Crippen LogP contribution in [0.4, 0.5) is 5.69 Å². The Kier molecular flexibility index (Phi) is 3.74. The molecule has 3 rings (SSSR count). The molecule has 7 nitrogen and oxygen atoms in total. The van der Waals surface area contributed by atoms with E-state index in [1.54, 1.807) is 19.1 Å². The van der Waals surface area contributed by atoms with E-state index in [-0.39, 0.29) is 16.1 Å². The second kappa shape index (κ2) is 5.60. The van der Waals surface area contributed by atoms with Crippen LogP contribution in [0.25, 0.3) is 11.0 Å². The monoisotopic (exact) mass is 348 g/mol. The summed E-state index contributed by atoms with van der Waals surface area (Å²) in [5.74, 6) is -1.38. The van der Waals surface area contributed by atoms with Gasteiger partial charge in [-0.3, -0.25) is 4.72 Å². The molecule has 2 aromatic carbocycles. The Hall–Kier alpha value is -2.52. The van der Waals surface area contributed by atoms with Gasteiger partial charge in [-0.15, -0.1) is 0 Å². The molecule has 118 valence electrons. The number of carbonyl (C=O) groups excluding carboxylic acids is 1. The number of aryl methyl sites for hydroxylation is 1. The number of carboxylic acid groups (broad SMARTS) is 1. The molecule has 0 saturated carbocycles. The van der Waals surface area contributed by atoms with Gasteiger partial charge in [-0.25, -0.2) is 8.42 Å². The molecule has 1 N–H and O–H groups in total. The van der Waals surface area contributed by atoms with Crippen molar-refractivity contribution in [2.45, 2.75) is 11.8 Å². The average Bonchev–Trinajstić information content (AvgIpc) is 2.94. The molecule has 0 spiro atoms. The predicted octanol–water partition coefficient (Wildman–Crippen LogP) is 1.16. The third-order valence-electron chi connectivity index (χ3n) is 3.20. The lowest BCUT2D eigenvalue weighted by Gasteiger charge is -2.12. The van der Waals surface area contributed by atoms with Gasteiger partial charge in [0.05, 0.1) is 17.7 Å². The number of fused-ring (bicyclic) bond motifs is 1. The normalized spacial score (nSPS) is 11.5. The highest BCUT2D eigenvalue weighted by Gasteiger charge is 2.22. The van der Waals surface area contributed by atoms with E-state index in [4.69, 9.17) is 0 Å². The molecule has 23 heavy (non-hydrogen) atoms. The van der Waals surface area contributed by atoms with Gasteiger partial charge in [-0.1, -0.05) is 18.2 Å². The van der Waals surface area contributed by atoms with Crippen molar-refractivity contribution in [3.63, 3.8) is 0 Å². The summed E-state index contributed by atoms with van der Waals surface area (Å²) in [6, 6.07) is 8.75. The van der Waals surface area contributed by atoms with Gasteiger partial charge >= 0.3 is 0 Å². The molecule has 0 aliphatic rings. The van der Waals surface area contributed by atoms with Crippen molar-refractivity contribution in [3.8, 4) is 0 Å². The number of anilines is 1. The first-order valence-electron chi connectivity index (χ1n) is 6.44. The number of sulfonamides is 1. The van der Waals surface area contributed by atoms with Crippen LogP contribution in [0.3, 0.4) is 0 Å². The van der Waals surface area contributed by atoms with Crippen molar-refractivity contribution in [1.29, 1.82) is 0 Å². The Labute approximate surface area is 136 Å². The number of rotatable bonds is 4. The number of aromatic nitrogens is 2. The third kappa shape index (κ3) is 2.88. The van der Waals surface area contributed by atoms with Crippen molar-refractivity contribution in [3.05, 3.63) is 47.5 Å². The van der Waals surface area contributed by atoms with E-state index in [1.807, 2.05) is 0 Å². The molecule has 0 fully saturated rings. The Morgan fingerprint density at radius 1 is 1.22 bits per heavy atom. The lowest BCUT2D eigenvalue weighted by molar-refractivity contribution is -0.255. The number of aromatic carboxylic acids is 1. The van der Waals surface area contributed by atoms with Gasteiger partial charge in [-0.2, -0.15) is 8.75 Å². The number of carbonyl (C=O) groups is 1. The summed E-state index contributed by atoms with van der Waals surface area (Å²) < 4.78 is 35.8. The molecular weight excluding hydrogens is 338 g/mol. The van der Waals surface area contributed by atoms with E-state index in [0.717, 1.165) is 11.7 Å². The van der Waals surface area contributed by atoms with Gasteiger partial charge in [-0.05, 0) is 36.2 Å². The minimum atomic E-state index is -3.94. The summed E-state index contributed by atoms with van der Waals surface area (Å²) in [6.07, 6.45) is 0. The van der Waals surface area contributed by atoms with E-state index in [1.165, 1.54) is 24.3 Å². The van der Waals surface area contributed by atoms with Gasteiger partial charge in [0.1, 0.15) is 15.9 Å². The molecular formula is C14H10N3O4S2-. The van der Waals surface area contributed by atoms with Crippen LogP contribution in [-0.2, 0) is 10.0 Å². The molecule has 0 aliphatic carbocycles. The average molecular weight is 348 g/mol. The van der Waals surface area contributed by atoms with Crippen molar-refractivity contribution < 1.29 is 18.3 Å². The second-order valence-electron chi connectivity index (χ2n) is 4.82. The fraction of sp³-hybridized carbons (Fsp3) is 0.0714. The van der Waals surface area contributed by atoms with E-state index < -0.39 is 16.0 Å². The van der Waals surface area contributed by atoms with Crippen molar-refractivity contribution in [1.82, 2.24) is 8.75 Å². The molecule has 0 amide bonds. The quantitative estimate of drug-likeness (QED) is 0.757. The van der Waals surface area contributed by atoms with Crippen LogP contribution >= 0.6 is 11.7 Å². The van der Waals surface area contributed by atoms with Crippen LogP contribution in [0.15, 0.2) is 41.3 Å². The Morgan fingerprint density at radius 3 is 2.74 bits per heavy atom. The summed E-state index contributed by atoms with van der Waals surface area (Å²) in [6.45, 7) is 1.66. The largest absolute Gasteiger partial charge is 0.545 e. The maximum absolute atomic E-state index is 12.7. The molecule has 0 aliphatic heterocycles. The zero-order valence-electron chi connectivity index (χ0n) is 11.8. The van der Waals surface area contributed by atoms with Gasteiger partial charge < -0.3 is 9.90 Å². The highest BCUT2D eigenvalue weighted by Crippen LogP contribution is 2.27. The van der Waals surface area contributed by atoms with Crippen molar-refractivity contribution in [2.24, 2.45) is 0 Å². The van der Waals surface area contributed by atoms with Crippen LogP contribution in [0, 0.1) is 6.92 Å². The zero-order chi connectivity index (χ0) is 16.6. The van der Waals surface area contributed by atoms with Gasteiger partial charge in [0.2, 0.25) is 0 Å². The lowest BCUT2D eigenvalue weighted by atomic mass is 10.2. The number of hydrogen-bond acceptors (Lipinski definition) is 7. The minimum absolute atomic E-state index is 0.0302. The predicted molar refractivity (Wildman–Crippen MR) is 83.7 cm³/mol. The standard InChI is InChI=1S/C14H11N3O4S2/c1-8-5-6-11-12(16-22-15-11)13(8)23(20,21)17-10-4-2-3-9(7-10)14(18)19/h2-7,17H,1H3,(H,18,19)/p-1. The minimum Gasteiger partial charge on any atom is -0.545 e. The van der Waals surface area contributed by atoms with E-state index in [9.17, 15) is 18.3 Å². The molecule has 0 unspecified atom stereocenters. The number of nitrogens with zero attached hydrogens (tertiary/aromatic N) is 2. The topological polar surface area (TPSA) is 112 Å². The number of nitrogens with one attached hydrogen (secondary N) is 1. The molecule has 9 heteroatoms. The molecule has 0 radical (unpaired) electrons. The first kappa shape index (κ1) is 15.4. The van der Waals surface area contributed by atoms with Gasteiger partial charge in [0.15, 0.2) is 0 Å². The number of benzene rings is 2. The van der Waals surface area contributed by atoms with Crippen LogP contribution in [0.2, 0.25) is 0 Å². The number of carboxylic acids is 1. The molecule has 0 saturated heterocycles. The van der Waals surface area contributed by atoms with Crippen LogP contribution < -0.4 is 9.83 Å². The molecule has 0 atom stereocenters. The molecule has 1 aromatic heterocycles. The van der Waals surface area contributed by atoms with Crippen LogP contribution in [-0.4, -0.2) is 23.1 Å². The fourth-order valence-electron chi connectivity index (χ4n) is 2.18. The summed E-state index contributed by atoms with van der Waals surface area (Å²) in [5.41, 5.74) is 1.32. The van der Waals surface area contributed by atoms with E-state index in [2.05, 4.69) is 13.5 Å². The Balaban J connectivity index is 2.08. The molecule has 1 heterocycles. The SMILES string of the molecule is Cc1ccc2nsnc2c1S(=O)(=O)Nc1cccc(C(=O)[O-])c1. The summed E-state index contributed by atoms with van der Waals surface area (Å²) in [4.78, 5) is 10.9. The third-order valence-corrected chi connectivity index (χ3v) is 5.30. The number of hydrogen-bond donors (Lipinski definition) is 1. The first-order valence-corrected chi connectivity index (χ1v) is 8.66. The first-order chi connectivity index (χ1) is 10.9. The smallest absolute Gasteiger partial charge is 0.264 e. The fourth-order valence-corrected chi connectivity index (χ4v) is 4.22. The Morgan fingerprint density at radius 2 is 2.00 bits per heavy atom. The summed E-state index contributed by atoms with van der Waals surface area (Å²) >= 11 is 0.926. The summed E-state index contributed by atoms with van der Waals surface area (Å²) in [7, 11) is -3.94. The highest BCUT2D eigenvalue weighted by atomic mass is 32.2. The van der Waals surface area contributed by atoms with Crippen LogP contribution in [0.5, 0.6) is 0 Å². The zero-order valence-corrected chi connectivity index (χ0v) is 13.4.